The number of aliphatic imine (C=N–C) groups is 1. The van der Waals surface area contributed by atoms with Gasteiger partial charge in [-0.3, -0.25) is 9.59 Å². The van der Waals surface area contributed by atoms with E-state index >= 15 is 0 Å². The third-order valence-electron chi connectivity index (χ3n) is 4.00. The van der Waals surface area contributed by atoms with E-state index in [1.165, 1.54) is 0 Å². The fraction of sp³-hybridized carbons (Fsp3) is 0.812. The minimum Gasteiger partial charge on any atom is -0.357 e. The highest BCUT2D eigenvalue weighted by Crippen LogP contribution is 2.18. The predicted octanol–water partition coefficient (Wildman–Crippen LogP) is 0.0770. The van der Waals surface area contributed by atoms with Crippen molar-refractivity contribution in [3.63, 3.8) is 0 Å². The quantitative estimate of drug-likeness (QED) is 0.477. The van der Waals surface area contributed by atoms with Crippen LogP contribution in [-0.4, -0.2) is 60.9 Å². The fourth-order valence-electron chi connectivity index (χ4n) is 2.61. The largest absolute Gasteiger partial charge is 0.357 e. The van der Waals surface area contributed by atoms with E-state index < -0.39 is 0 Å². The molecule has 1 aliphatic heterocycles. The van der Waals surface area contributed by atoms with Crippen LogP contribution < -0.4 is 16.0 Å². The molecular weight excluding hydrogens is 294 g/mol. The molecule has 1 saturated heterocycles. The molecule has 0 bridgehead atoms. The van der Waals surface area contributed by atoms with Gasteiger partial charge in [-0.15, -0.1) is 0 Å². The van der Waals surface area contributed by atoms with Gasteiger partial charge in [0.25, 0.3) is 0 Å². The molecule has 1 aliphatic carbocycles. The van der Waals surface area contributed by atoms with Gasteiger partial charge in [0.2, 0.25) is 11.8 Å². The number of carbonyl (C=O) groups is 2. The second-order valence-corrected chi connectivity index (χ2v) is 6.61. The van der Waals surface area contributed by atoms with Crippen molar-refractivity contribution >= 4 is 17.8 Å². The maximum atomic E-state index is 12.0. The Balaban J connectivity index is 1.81. The highest BCUT2D eigenvalue weighted by atomic mass is 16.2. The third-order valence-corrected chi connectivity index (χ3v) is 4.00. The Kier molecular flexibility index (Phi) is 6.24. The van der Waals surface area contributed by atoms with Crippen molar-refractivity contribution in [2.24, 2.45) is 10.9 Å². The minimum absolute atomic E-state index is 0.0294. The van der Waals surface area contributed by atoms with Crippen molar-refractivity contribution in [2.45, 2.75) is 52.1 Å². The van der Waals surface area contributed by atoms with Gasteiger partial charge in [0, 0.05) is 37.6 Å². The Labute approximate surface area is 138 Å². The number of rotatable bonds is 6. The van der Waals surface area contributed by atoms with Crippen molar-refractivity contribution in [3.8, 4) is 0 Å². The Hall–Kier alpha value is -1.79. The molecule has 2 amide bonds. The smallest absolute Gasteiger partial charge is 0.242 e. The van der Waals surface area contributed by atoms with Crippen LogP contribution in [0, 0.1) is 5.92 Å². The lowest BCUT2D eigenvalue weighted by Crippen LogP contribution is -2.45. The normalized spacial score (nSPS) is 21.5. The number of amides is 2. The first-order valence-corrected chi connectivity index (χ1v) is 8.62. The second-order valence-electron chi connectivity index (χ2n) is 6.61. The van der Waals surface area contributed by atoms with Crippen LogP contribution in [0.1, 0.15) is 40.0 Å². The highest BCUT2D eigenvalue weighted by molar-refractivity contribution is 5.85. The fourth-order valence-corrected chi connectivity index (χ4v) is 2.61. The third kappa shape index (κ3) is 5.73. The first-order valence-electron chi connectivity index (χ1n) is 8.62. The summed E-state index contributed by atoms with van der Waals surface area (Å²) in [5, 5.41) is 9.41. The Bertz CT molecular complexity index is 459. The molecule has 7 heteroatoms. The second kappa shape index (κ2) is 8.17. The summed E-state index contributed by atoms with van der Waals surface area (Å²) in [6.07, 6.45) is 3.06. The number of carbonyl (C=O) groups excluding carboxylic acids is 2. The zero-order valence-electron chi connectivity index (χ0n) is 14.4. The van der Waals surface area contributed by atoms with E-state index in [9.17, 15) is 9.59 Å². The van der Waals surface area contributed by atoms with Gasteiger partial charge in [0.1, 0.15) is 6.54 Å². The van der Waals surface area contributed by atoms with Crippen LogP contribution in [0.2, 0.25) is 0 Å². The van der Waals surface area contributed by atoms with E-state index in [0.29, 0.717) is 18.5 Å². The summed E-state index contributed by atoms with van der Waals surface area (Å²) in [7, 11) is 0. The average molecular weight is 323 g/mol. The Morgan fingerprint density at radius 1 is 1.17 bits per heavy atom. The molecule has 3 N–H and O–H groups in total. The lowest BCUT2D eigenvalue weighted by atomic mass is 10.2. The number of hydrogen-bond acceptors (Lipinski definition) is 3. The molecule has 23 heavy (non-hydrogen) atoms. The van der Waals surface area contributed by atoms with Crippen molar-refractivity contribution in [2.75, 3.05) is 26.2 Å². The maximum Gasteiger partial charge on any atom is 0.242 e. The van der Waals surface area contributed by atoms with Gasteiger partial charge in [-0.25, -0.2) is 4.99 Å². The number of hydrogen-bond donors (Lipinski definition) is 3. The van der Waals surface area contributed by atoms with Crippen LogP contribution in [-0.2, 0) is 9.59 Å². The number of guanidine groups is 1. The van der Waals surface area contributed by atoms with E-state index in [2.05, 4.69) is 20.9 Å². The molecule has 1 heterocycles. The summed E-state index contributed by atoms with van der Waals surface area (Å²) in [5.41, 5.74) is 0. The predicted molar refractivity (Wildman–Crippen MR) is 90.1 cm³/mol. The number of nitrogens with zero attached hydrogens (tertiary/aromatic N) is 2. The molecule has 7 nitrogen and oxygen atoms in total. The van der Waals surface area contributed by atoms with E-state index in [0.717, 1.165) is 32.4 Å². The maximum absolute atomic E-state index is 12.0. The number of nitrogens with one attached hydrogen (secondary N) is 3. The van der Waals surface area contributed by atoms with E-state index in [-0.39, 0.29) is 30.3 Å². The molecule has 1 unspecified atom stereocenters. The molecule has 0 aromatic carbocycles. The molecule has 2 aliphatic rings. The molecule has 0 aromatic rings. The van der Waals surface area contributed by atoms with E-state index in [4.69, 9.17) is 0 Å². The van der Waals surface area contributed by atoms with E-state index in [1.54, 1.807) is 0 Å². The molecule has 2 rings (SSSR count). The molecule has 0 spiro atoms. The topological polar surface area (TPSA) is 85.8 Å². The number of likely N-dealkylation sites (tertiary alicyclic amines) is 1. The highest BCUT2D eigenvalue weighted by Gasteiger charge is 2.28. The standard InChI is InChI=1S/C16H29N5O2/c1-4-17-16(18-9-14(22)19-12-5-6-12)20-13-7-8-21(10-13)15(23)11(2)3/h11-13H,4-10H2,1-3H3,(H,19,22)(H2,17,18,20). The monoisotopic (exact) mass is 323 g/mol. The summed E-state index contributed by atoms with van der Waals surface area (Å²) >= 11 is 0. The van der Waals surface area contributed by atoms with Crippen molar-refractivity contribution < 1.29 is 9.59 Å². The summed E-state index contributed by atoms with van der Waals surface area (Å²) in [4.78, 5) is 30.0. The molecule has 0 aromatic heterocycles. The van der Waals surface area contributed by atoms with Gasteiger partial charge < -0.3 is 20.9 Å². The van der Waals surface area contributed by atoms with Gasteiger partial charge >= 0.3 is 0 Å². The van der Waals surface area contributed by atoms with Crippen LogP contribution in [0.3, 0.4) is 0 Å². The molecular formula is C16H29N5O2. The van der Waals surface area contributed by atoms with Crippen molar-refractivity contribution in [1.29, 1.82) is 0 Å². The summed E-state index contributed by atoms with van der Waals surface area (Å²) < 4.78 is 0. The molecule has 2 fully saturated rings. The van der Waals surface area contributed by atoms with Crippen LogP contribution in [0.5, 0.6) is 0 Å². The van der Waals surface area contributed by atoms with Crippen LogP contribution in [0.15, 0.2) is 4.99 Å². The summed E-state index contributed by atoms with van der Waals surface area (Å²) in [6.45, 7) is 8.17. The van der Waals surface area contributed by atoms with Crippen LogP contribution in [0.4, 0.5) is 0 Å². The SMILES string of the molecule is CCNC(=NCC(=O)NC1CC1)NC1CCN(C(=O)C(C)C)C1. The van der Waals surface area contributed by atoms with Gasteiger partial charge in [0.15, 0.2) is 5.96 Å². The lowest BCUT2D eigenvalue weighted by Gasteiger charge is -2.20. The lowest BCUT2D eigenvalue weighted by molar-refractivity contribution is -0.133. The van der Waals surface area contributed by atoms with Gasteiger partial charge in [-0.2, -0.15) is 0 Å². The molecule has 1 saturated carbocycles. The van der Waals surface area contributed by atoms with Gasteiger partial charge in [-0.1, -0.05) is 13.8 Å². The summed E-state index contributed by atoms with van der Waals surface area (Å²) in [5.74, 6) is 0.830. The minimum atomic E-state index is -0.0345. The first kappa shape index (κ1) is 17.6. The Morgan fingerprint density at radius 3 is 2.52 bits per heavy atom. The molecule has 0 radical (unpaired) electrons. The average Bonchev–Trinajstić information content (AvgIpc) is 3.19. The van der Waals surface area contributed by atoms with Crippen molar-refractivity contribution in [1.82, 2.24) is 20.9 Å². The summed E-state index contributed by atoms with van der Waals surface area (Å²) in [6, 6.07) is 0.542. The molecule has 1 atom stereocenters. The zero-order chi connectivity index (χ0) is 16.8. The van der Waals surface area contributed by atoms with Gasteiger partial charge in [-0.05, 0) is 26.2 Å². The van der Waals surface area contributed by atoms with Crippen LogP contribution in [0.25, 0.3) is 0 Å². The van der Waals surface area contributed by atoms with E-state index in [1.807, 2.05) is 25.7 Å². The zero-order valence-corrected chi connectivity index (χ0v) is 14.4. The Morgan fingerprint density at radius 2 is 1.91 bits per heavy atom. The molecule has 130 valence electrons. The van der Waals surface area contributed by atoms with Crippen molar-refractivity contribution in [3.05, 3.63) is 0 Å². The van der Waals surface area contributed by atoms with Gasteiger partial charge in [0.05, 0.1) is 0 Å². The first-order chi connectivity index (χ1) is 11.0. The van der Waals surface area contributed by atoms with Crippen LogP contribution >= 0.6 is 0 Å².